The van der Waals surface area contributed by atoms with Crippen LogP contribution in [0.15, 0.2) is 18.2 Å². The fourth-order valence-corrected chi connectivity index (χ4v) is 3.30. The van der Waals surface area contributed by atoms with Gasteiger partial charge in [0.15, 0.2) is 0 Å². The first-order valence-corrected chi connectivity index (χ1v) is 7.98. The van der Waals surface area contributed by atoms with E-state index in [1.165, 1.54) is 7.11 Å². The van der Waals surface area contributed by atoms with Crippen molar-refractivity contribution < 1.29 is 19.1 Å². The summed E-state index contributed by atoms with van der Waals surface area (Å²) in [5.41, 5.74) is 1.06. The molecular weight excluding hydrogens is 294 g/mol. The largest absolute Gasteiger partial charge is 0.497 e. The Bertz CT molecular complexity index is 591. The molecule has 0 saturated heterocycles. The van der Waals surface area contributed by atoms with Crippen molar-refractivity contribution in [3.05, 3.63) is 29.3 Å². The molecule has 23 heavy (non-hydrogen) atoms. The average Bonchev–Trinajstić information content (AvgIpc) is 3.02. The van der Waals surface area contributed by atoms with E-state index < -0.39 is 5.54 Å². The monoisotopic (exact) mass is 319 g/mol. The van der Waals surface area contributed by atoms with Crippen molar-refractivity contribution in [2.45, 2.75) is 51.0 Å². The third-order valence-corrected chi connectivity index (χ3v) is 4.73. The van der Waals surface area contributed by atoms with E-state index in [0.717, 1.165) is 29.7 Å². The molecule has 1 amide bonds. The van der Waals surface area contributed by atoms with E-state index in [-0.39, 0.29) is 17.8 Å². The minimum Gasteiger partial charge on any atom is -0.497 e. The standard InChI is InChI=1S/C18H25NO4/c1-12-11-14(22-3)7-8-15(12)13(2)16(20)19-18(17(21)23-4)9-5-6-10-18/h7-8,11,13H,5-6,9-10H2,1-4H3,(H,19,20). The Morgan fingerprint density at radius 1 is 1.22 bits per heavy atom. The first kappa shape index (κ1) is 17.3. The molecule has 2 rings (SSSR count). The minimum absolute atomic E-state index is 0.148. The van der Waals surface area contributed by atoms with Gasteiger partial charge < -0.3 is 14.8 Å². The third kappa shape index (κ3) is 3.49. The fraction of sp³-hybridized carbons (Fsp3) is 0.556. The Kier molecular flexibility index (Phi) is 5.29. The zero-order valence-corrected chi connectivity index (χ0v) is 14.3. The molecule has 0 aliphatic heterocycles. The van der Waals surface area contributed by atoms with E-state index in [4.69, 9.17) is 9.47 Å². The molecule has 1 fully saturated rings. The third-order valence-electron chi connectivity index (χ3n) is 4.73. The van der Waals surface area contributed by atoms with Gasteiger partial charge in [-0.15, -0.1) is 0 Å². The number of methoxy groups -OCH3 is 2. The molecule has 1 atom stereocenters. The van der Waals surface area contributed by atoms with Gasteiger partial charge in [-0.1, -0.05) is 18.9 Å². The number of nitrogens with one attached hydrogen (secondary N) is 1. The van der Waals surface area contributed by atoms with Gasteiger partial charge in [0.25, 0.3) is 0 Å². The van der Waals surface area contributed by atoms with Gasteiger partial charge in [-0.05, 0) is 49.9 Å². The molecule has 5 nitrogen and oxygen atoms in total. The van der Waals surface area contributed by atoms with Crippen LogP contribution in [0, 0.1) is 6.92 Å². The molecule has 5 heteroatoms. The molecule has 1 N–H and O–H groups in total. The molecule has 1 aromatic rings. The second kappa shape index (κ2) is 7.02. The van der Waals surface area contributed by atoms with Crippen molar-refractivity contribution in [1.82, 2.24) is 5.32 Å². The maximum Gasteiger partial charge on any atom is 0.331 e. The number of ether oxygens (including phenoxy) is 2. The molecule has 1 unspecified atom stereocenters. The lowest BCUT2D eigenvalue weighted by Gasteiger charge is -2.29. The lowest BCUT2D eigenvalue weighted by atomic mass is 9.92. The Balaban J connectivity index is 2.17. The molecule has 1 aromatic carbocycles. The molecular formula is C18H25NO4. The van der Waals surface area contributed by atoms with Gasteiger partial charge in [0.05, 0.1) is 20.1 Å². The summed E-state index contributed by atoms with van der Waals surface area (Å²) in [7, 11) is 2.98. The first-order chi connectivity index (χ1) is 10.9. The molecule has 0 aromatic heterocycles. The van der Waals surface area contributed by atoms with Crippen LogP contribution in [-0.2, 0) is 14.3 Å². The van der Waals surface area contributed by atoms with Crippen LogP contribution in [0.1, 0.15) is 49.7 Å². The average molecular weight is 319 g/mol. The van der Waals surface area contributed by atoms with Crippen LogP contribution in [0.3, 0.4) is 0 Å². The highest BCUT2D eigenvalue weighted by Gasteiger charge is 2.44. The number of carbonyl (C=O) groups is 2. The molecule has 0 spiro atoms. The summed E-state index contributed by atoms with van der Waals surface area (Å²) in [6.07, 6.45) is 3.12. The summed E-state index contributed by atoms with van der Waals surface area (Å²) in [4.78, 5) is 24.8. The highest BCUT2D eigenvalue weighted by atomic mass is 16.5. The zero-order valence-electron chi connectivity index (χ0n) is 14.3. The molecule has 1 saturated carbocycles. The van der Waals surface area contributed by atoms with E-state index in [1.807, 2.05) is 32.0 Å². The minimum atomic E-state index is -0.861. The van der Waals surface area contributed by atoms with Crippen molar-refractivity contribution in [2.24, 2.45) is 0 Å². The summed E-state index contributed by atoms with van der Waals surface area (Å²) in [5, 5.41) is 2.95. The predicted octanol–water partition coefficient (Wildman–Crippen LogP) is 2.71. The maximum absolute atomic E-state index is 12.7. The molecule has 0 bridgehead atoms. The van der Waals surface area contributed by atoms with Gasteiger partial charge >= 0.3 is 5.97 Å². The van der Waals surface area contributed by atoms with Crippen molar-refractivity contribution >= 4 is 11.9 Å². The topological polar surface area (TPSA) is 64.6 Å². The Hall–Kier alpha value is -2.04. The fourth-order valence-electron chi connectivity index (χ4n) is 3.30. The van der Waals surface area contributed by atoms with Gasteiger partial charge in [-0.3, -0.25) is 4.79 Å². The first-order valence-electron chi connectivity index (χ1n) is 7.98. The summed E-state index contributed by atoms with van der Waals surface area (Å²) >= 11 is 0. The summed E-state index contributed by atoms with van der Waals surface area (Å²) in [6.45, 7) is 3.80. The van der Waals surface area contributed by atoms with Crippen LogP contribution >= 0.6 is 0 Å². The van der Waals surface area contributed by atoms with Crippen molar-refractivity contribution in [3.8, 4) is 5.75 Å². The zero-order chi connectivity index (χ0) is 17.0. The van der Waals surface area contributed by atoms with Crippen molar-refractivity contribution in [3.63, 3.8) is 0 Å². The lowest BCUT2D eigenvalue weighted by Crippen LogP contribution is -2.54. The SMILES string of the molecule is COC(=O)C1(NC(=O)C(C)c2ccc(OC)cc2C)CCCC1. The quantitative estimate of drug-likeness (QED) is 0.848. The smallest absolute Gasteiger partial charge is 0.331 e. The lowest BCUT2D eigenvalue weighted by molar-refractivity contribution is -0.150. The number of benzene rings is 1. The van der Waals surface area contributed by atoms with E-state index in [2.05, 4.69) is 5.32 Å². The van der Waals surface area contributed by atoms with E-state index in [1.54, 1.807) is 7.11 Å². The van der Waals surface area contributed by atoms with Crippen molar-refractivity contribution in [2.75, 3.05) is 14.2 Å². The second-order valence-electron chi connectivity index (χ2n) is 6.21. The maximum atomic E-state index is 12.7. The van der Waals surface area contributed by atoms with E-state index in [9.17, 15) is 9.59 Å². The van der Waals surface area contributed by atoms with E-state index in [0.29, 0.717) is 12.8 Å². The highest BCUT2D eigenvalue weighted by molar-refractivity contribution is 5.91. The van der Waals surface area contributed by atoms with Crippen LogP contribution in [-0.4, -0.2) is 31.6 Å². The number of aryl methyl sites for hydroxylation is 1. The summed E-state index contributed by atoms with van der Waals surface area (Å²) < 4.78 is 10.1. The van der Waals surface area contributed by atoms with Gasteiger partial charge in [-0.25, -0.2) is 4.79 Å². The Labute approximate surface area is 137 Å². The number of rotatable bonds is 5. The molecule has 0 radical (unpaired) electrons. The van der Waals surface area contributed by atoms with Crippen LogP contribution in [0.2, 0.25) is 0 Å². The highest BCUT2D eigenvalue weighted by Crippen LogP contribution is 2.32. The van der Waals surface area contributed by atoms with Crippen LogP contribution in [0.5, 0.6) is 5.75 Å². The Morgan fingerprint density at radius 2 is 1.87 bits per heavy atom. The number of amides is 1. The number of hydrogen-bond acceptors (Lipinski definition) is 4. The van der Waals surface area contributed by atoms with E-state index >= 15 is 0 Å². The Morgan fingerprint density at radius 3 is 2.39 bits per heavy atom. The number of carbonyl (C=O) groups excluding carboxylic acids is 2. The normalized spacial score (nSPS) is 17.4. The summed E-state index contributed by atoms with van der Waals surface area (Å²) in [6, 6.07) is 5.65. The van der Waals surface area contributed by atoms with Gasteiger partial charge in [0.1, 0.15) is 11.3 Å². The van der Waals surface area contributed by atoms with Gasteiger partial charge in [-0.2, -0.15) is 0 Å². The van der Waals surface area contributed by atoms with Gasteiger partial charge in [0.2, 0.25) is 5.91 Å². The van der Waals surface area contributed by atoms with Gasteiger partial charge in [0, 0.05) is 0 Å². The summed E-state index contributed by atoms with van der Waals surface area (Å²) in [5.74, 6) is -0.0729. The number of esters is 1. The predicted molar refractivity (Wildman–Crippen MR) is 87.5 cm³/mol. The molecule has 126 valence electrons. The second-order valence-corrected chi connectivity index (χ2v) is 6.21. The van der Waals surface area contributed by atoms with Crippen LogP contribution in [0.4, 0.5) is 0 Å². The molecule has 1 aliphatic carbocycles. The number of hydrogen-bond donors (Lipinski definition) is 1. The van der Waals surface area contributed by atoms with Crippen LogP contribution < -0.4 is 10.1 Å². The molecule has 0 heterocycles. The van der Waals surface area contributed by atoms with Crippen LogP contribution in [0.25, 0.3) is 0 Å². The molecule has 1 aliphatic rings. The van der Waals surface area contributed by atoms with Crippen molar-refractivity contribution in [1.29, 1.82) is 0 Å².